The van der Waals surface area contributed by atoms with Crippen LogP contribution in [-0.4, -0.2) is 46.8 Å². The molecule has 0 spiro atoms. The van der Waals surface area contributed by atoms with Gasteiger partial charge in [-0.15, -0.1) is 0 Å². The van der Waals surface area contributed by atoms with Gasteiger partial charge in [-0.05, 0) is 141 Å². The van der Waals surface area contributed by atoms with E-state index in [9.17, 15) is 14.4 Å². The number of ketones is 2. The van der Waals surface area contributed by atoms with E-state index in [0.29, 0.717) is 23.3 Å². The number of rotatable bonds is 7. The maximum absolute atomic E-state index is 15.1. The molecule has 0 N–H and O–H groups in total. The lowest BCUT2D eigenvalue weighted by molar-refractivity contribution is -0.232. The molecule has 8 heteroatoms. The van der Waals surface area contributed by atoms with Crippen molar-refractivity contribution < 1.29 is 28.7 Å². The van der Waals surface area contributed by atoms with E-state index in [4.69, 9.17) is 21.1 Å². The van der Waals surface area contributed by atoms with Crippen LogP contribution in [0.2, 0.25) is 5.02 Å². The summed E-state index contributed by atoms with van der Waals surface area (Å²) in [7, 11) is 0. The van der Waals surface area contributed by atoms with Crippen LogP contribution in [0.15, 0.2) is 35.4 Å². The number of fused-ring (bicyclic) bond motifs is 7. The second kappa shape index (κ2) is 13.5. The van der Waals surface area contributed by atoms with Crippen LogP contribution in [0, 0.1) is 50.7 Å². The van der Waals surface area contributed by atoms with E-state index in [-0.39, 0.29) is 76.6 Å². The fraction of sp³-hybridized carbons (Fsp3) is 0.733. The number of ether oxygens (including phenoxy) is 2. The van der Waals surface area contributed by atoms with Gasteiger partial charge in [0, 0.05) is 30.3 Å². The quantitative estimate of drug-likeness (QED) is 0.258. The number of nitrogens with zero attached hydrogens (tertiary/aromatic N) is 1. The Kier molecular flexibility index (Phi) is 10.2. The molecule has 0 aromatic heterocycles. The number of hydrogen-bond acceptors (Lipinski definition) is 6. The second-order valence-corrected chi connectivity index (χ2v) is 20.6. The number of benzene rings is 1. The maximum atomic E-state index is 15.1. The molecule has 0 radical (unpaired) electrons. The van der Waals surface area contributed by atoms with Crippen LogP contribution in [0.25, 0.3) is 0 Å². The zero-order chi connectivity index (χ0) is 39.1. The van der Waals surface area contributed by atoms with Crippen LogP contribution in [0.4, 0.5) is 4.79 Å². The lowest BCUT2D eigenvalue weighted by Gasteiger charge is -2.72. The summed E-state index contributed by atoms with van der Waals surface area (Å²) in [5.74, 6) is 0.893. The third kappa shape index (κ3) is 6.51. The third-order valence-electron chi connectivity index (χ3n) is 15.5. The zero-order valence-corrected chi connectivity index (χ0v) is 35.0. The van der Waals surface area contributed by atoms with E-state index in [1.54, 1.807) is 12.1 Å². The fourth-order valence-electron chi connectivity index (χ4n) is 13.0. The summed E-state index contributed by atoms with van der Waals surface area (Å²) in [6.07, 6.45) is 7.12. The molecule has 5 aliphatic carbocycles. The van der Waals surface area contributed by atoms with Crippen LogP contribution in [-0.2, 0) is 30.4 Å². The lowest BCUT2D eigenvalue weighted by Crippen LogP contribution is -2.66. The molecule has 0 bridgehead atoms. The molecule has 1 unspecified atom stereocenters. The average Bonchev–Trinajstić information content (AvgIpc) is 3.36. The molecule has 1 amide bonds. The highest BCUT2D eigenvalue weighted by atomic mass is 35.5. The van der Waals surface area contributed by atoms with Crippen molar-refractivity contribution in [3.05, 3.63) is 46.0 Å². The van der Waals surface area contributed by atoms with E-state index in [0.717, 1.165) is 61.7 Å². The molecule has 5 aliphatic rings. The smallest absolute Gasteiger partial charge is 0.410 e. The molecule has 0 saturated heterocycles. The molecule has 0 heterocycles. The highest BCUT2D eigenvalue weighted by Gasteiger charge is 2.71. The van der Waals surface area contributed by atoms with Crippen molar-refractivity contribution in [3.8, 4) is 0 Å². The number of carbonyl (C=O) groups excluding carboxylic acids is 4. The Bertz CT molecular complexity index is 1690. The Hall–Kier alpha value is -2.67. The van der Waals surface area contributed by atoms with Gasteiger partial charge in [0.05, 0.1) is 12.0 Å². The average molecular weight is 750 g/mol. The molecule has 4 fully saturated rings. The molecule has 1 aromatic rings. The van der Waals surface area contributed by atoms with Crippen molar-refractivity contribution in [2.24, 2.45) is 50.7 Å². The van der Waals surface area contributed by atoms with E-state index in [1.165, 1.54) is 11.8 Å². The first-order chi connectivity index (χ1) is 24.5. The minimum atomic E-state index is -0.921. The number of esters is 1. The van der Waals surface area contributed by atoms with Gasteiger partial charge in [0.1, 0.15) is 11.7 Å². The maximum Gasteiger partial charge on any atom is 0.410 e. The number of allylic oxidation sites excluding steroid dienone is 2. The predicted molar refractivity (Wildman–Crippen MR) is 208 cm³/mol. The number of Topliss-reactive ketones (excluding diaryl/α,β-unsaturated/α-hetero) is 2. The summed E-state index contributed by atoms with van der Waals surface area (Å²) in [6.45, 7) is 23.5. The van der Waals surface area contributed by atoms with Gasteiger partial charge in [-0.25, -0.2) is 4.79 Å². The monoisotopic (exact) mass is 749 g/mol. The molecule has 7 nitrogen and oxygen atoms in total. The molecule has 1 aromatic carbocycles. The molecular formula is C45H64ClNO6. The van der Waals surface area contributed by atoms with Gasteiger partial charge >= 0.3 is 12.1 Å². The summed E-state index contributed by atoms with van der Waals surface area (Å²) in [5, 5.41) is 0.600. The van der Waals surface area contributed by atoms with Crippen molar-refractivity contribution in [1.29, 1.82) is 0 Å². The standard InChI is InChI=1S/C45H64ClNO6/c1-27(2)37-32(49)24-45(35(50)26-47(39(51)53-40(4,5)6)25-29-12-14-30(46)15-13-29)23-22-43(10)31(38(37)45)16-17-34-42(9)20-19-36(52-28(3)48)41(7,8)33(42)18-21-44(34,43)11/h12-15,27,31,33-34,36H,16-26H2,1-11H3/t31?,33-,34-,36+,42+,43-,44-,45+/m1/s1. The SMILES string of the molecule is CC(=O)O[C@H]1CC[C@@]2(C)[C@H](CC[C@]3(C)[C@@H]2CCC2C4=C(C(C)C)C(=O)C[C@]4(C(=O)CN(Cc4ccc(Cl)cc4)C(=O)OC(C)(C)C)CC[C@]23C)C1(C)C. The van der Waals surface area contributed by atoms with Gasteiger partial charge in [-0.2, -0.15) is 0 Å². The van der Waals surface area contributed by atoms with Gasteiger partial charge in [0.25, 0.3) is 0 Å². The molecule has 8 atom stereocenters. The summed E-state index contributed by atoms with van der Waals surface area (Å²) in [4.78, 5) is 56.7. The van der Waals surface area contributed by atoms with Gasteiger partial charge < -0.3 is 9.47 Å². The Morgan fingerprint density at radius 1 is 0.887 bits per heavy atom. The van der Waals surface area contributed by atoms with Gasteiger partial charge in [-0.3, -0.25) is 19.3 Å². The summed E-state index contributed by atoms with van der Waals surface area (Å²) < 4.78 is 11.8. The highest BCUT2D eigenvalue weighted by Crippen LogP contribution is 2.76. The number of halogens is 1. The first-order valence-corrected chi connectivity index (χ1v) is 20.6. The first-order valence-electron chi connectivity index (χ1n) is 20.2. The number of amides is 1. The largest absolute Gasteiger partial charge is 0.462 e. The lowest BCUT2D eigenvalue weighted by atomic mass is 9.33. The Morgan fingerprint density at radius 3 is 2.15 bits per heavy atom. The minimum Gasteiger partial charge on any atom is -0.462 e. The molecular weight excluding hydrogens is 686 g/mol. The van der Waals surface area contributed by atoms with Gasteiger partial charge in [-0.1, -0.05) is 72.2 Å². The van der Waals surface area contributed by atoms with Crippen molar-refractivity contribution in [2.75, 3.05) is 6.54 Å². The predicted octanol–water partition coefficient (Wildman–Crippen LogP) is 10.6. The second-order valence-electron chi connectivity index (χ2n) is 20.1. The van der Waals surface area contributed by atoms with Gasteiger partial charge in [0.15, 0.2) is 11.6 Å². The van der Waals surface area contributed by atoms with Crippen LogP contribution in [0.3, 0.4) is 0 Å². The summed E-state index contributed by atoms with van der Waals surface area (Å²) >= 11 is 6.18. The minimum absolute atomic E-state index is 0.00156. The van der Waals surface area contributed by atoms with Crippen molar-refractivity contribution in [1.82, 2.24) is 4.90 Å². The number of hydrogen-bond donors (Lipinski definition) is 0. The van der Waals surface area contributed by atoms with Crippen molar-refractivity contribution in [2.45, 2.75) is 152 Å². The molecule has 53 heavy (non-hydrogen) atoms. The fourth-order valence-corrected chi connectivity index (χ4v) is 13.1. The molecule has 4 saturated carbocycles. The van der Waals surface area contributed by atoms with E-state index in [2.05, 4.69) is 48.5 Å². The summed E-state index contributed by atoms with van der Waals surface area (Å²) in [5.41, 5.74) is 1.04. The normalized spacial score (nSPS) is 36.2. The Labute approximate surface area is 323 Å². The van der Waals surface area contributed by atoms with Crippen LogP contribution >= 0.6 is 11.6 Å². The molecule has 6 rings (SSSR count). The van der Waals surface area contributed by atoms with E-state index >= 15 is 4.79 Å². The molecule has 292 valence electrons. The zero-order valence-electron chi connectivity index (χ0n) is 34.2. The summed E-state index contributed by atoms with van der Waals surface area (Å²) in [6, 6.07) is 7.31. The Morgan fingerprint density at radius 2 is 1.55 bits per heavy atom. The first kappa shape index (κ1) is 40.0. The van der Waals surface area contributed by atoms with Crippen molar-refractivity contribution >= 4 is 35.2 Å². The number of carbonyl (C=O) groups is 4. The highest BCUT2D eigenvalue weighted by molar-refractivity contribution is 6.30. The van der Waals surface area contributed by atoms with Crippen LogP contribution in [0.5, 0.6) is 0 Å². The topological polar surface area (TPSA) is 90.0 Å². The third-order valence-corrected chi connectivity index (χ3v) is 15.7. The van der Waals surface area contributed by atoms with E-state index < -0.39 is 17.1 Å². The van der Waals surface area contributed by atoms with Gasteiger partial charge in [0.2, 0.25) is 0 Å². The van der Waals surface area contributed by atoms with Crippen molar-refractivity contribution in [3.63, 3.8) is 0 Å². The van der Waals surface area contributed by atoms with Crippen LogP contribution in [0.1, 0.15) is 140 Å². The Balaban J connectivity index is 1.36. The van der Waals surface area contributed by atoms with Crippen LogP contribution < -0.4 is 0 Å². The molecule has 0 aliphatic heterocycles. The van der Waals surface area contributed by atoms with E-state index in [1.807, 2.05) is 32.9 Å².